The van der Waals surface area contributed by atoms with Gasteiger partial charge in [0.05, 0.1) is 5.71 Å². The molecule has 0 aliphatic carbocycles. The van der Waals surface area contributed by atoms with E-state index in [2.05, 4.69) is 15.5 Å². The predicted molar refractivity (Wildman–Crippen MR) is 80.7 cm³/mol. The van der Waals surface area contributed by atoms with Crippen LogP contribution in [0.1, 0.15) is 40.8 Å². The smallest absolute Gasteiger partial charge is 0.271 e. The average molecular weight is 314 g/mol. The van der Waals surface area contributed by atoms with Crippen LogP contribution in [0.15, 0.2) is 40.1 Å². The Bertz CT molecular complexity index is 735. The fourth-order valence-electron chi connectivity index (χ4n) is 2.01. The molecule has 0 bridgehead atoms. The summed E-state index contributed by atoms with van der Waals surface area (Å²) in [5.41, 5.74) is 4.19. The number of aromatic nitrogens is 1. The highest BCUT2D eigenvalue weighted by molar-refractivity contribution is 6.01. The van der Waals surface area contributed by atoms with Crippen LogP contribution in [-0.4, -0.2) is 22.6 Å². The maximum Gasteiger partial charge on any atom is 0.271 e. The Morgan fingerprint density at radius 2 is 2.04 bits per heavy atom. The Labute approximate surface area is 133 Å². The Kier molecular flexibility index (Phi) is 5.24. The van der Waals surface area contributed by atoms with E-state index in [0.717, 1.165) is 0 Å². The molecule has 1 N–H and O–H groups in total. The fourth-order valence-corrected chi connectivity index (χ4v) is 2.01. The fraction of sp³-hybridized carbons (Fsp3) is 0.250. The van der Waals surface area contributed by atoms with Gasteiger partial charge in [-0.25, -0.2) is 5.43 Å². The van der Waals surface area contributed by atoms with Gasteiger partial charge in [0.15, 0.2) is 0 Å². The first-order valence-electron chi connectivity index (χ1n) is 7.01. The number of furan rings is 1. The quantitative estimate of drug-likeness (QED) is 0.627. The number of nitrogens with zero attached hydrogens (tertiary/aromatic N) is 2. The monoisotopic (exact) mass is 314 g/mol. The zero-order chi connectivity index (χ0) is 16.8. The molecule has 2 heterocycles. The van der Waals surface area contributed by atoms with Crippen molar-refractivity contribution in [1.82, 2.24) is 10.4 Å². The number of hydrogen-bond donors (Lipinski definition) is 1. The Balaban J connectivity index is 2.06. The highest BCUT2D eigenvalue weighted by Gasteiger charge is 2.11. The first-order chi connectivity index (χ1) is 11.0. The number of aliphatic carboxylic acids is 1. The van der Waals surface area contributed by atoms with E-state index in [0.29, 0.717) is 28.4 Å². The molecule has 0 fully saturated rings. The first-order valence-corrected chi connectivity index (χ1v) is 7.01. The summed E-state index contributed by atoms with van der Waals surface area (Å²) in [6.07, 6.45) is 3.19. The van der Waals surface area contributed by atoms with E-state index < -0.39 is 5.97 Å². The Hall–Kier alpha value is -2.96. The maximum absolute atomic E-state index is 11.9. The van der Waals surface area contributed by atoms with E-state index in [1.54, 1.807) is 32.0 Å². The summed E-state index contributed by atoms with van der Waals surface area (Å²) in [6.45, 7) is 3.48. The third kappa shape index (κ3) is 4.50. The van der Waals surface area contributed by atoms with Crippen LogP contribution in [-0.2, 0) is 11.2 Å². The SMILES string of the molecule is C/C(=N/NC(=O)c1ccncc1)c1cc(CCC(=O)[O-])oc1C. The van der Waals surface area contributed by atoms with Crippen molar-refractivity contribution >= 4 is 17.6 Å². The van der Waals surface area contributed by atoms with Gasteiger partial charge in [-0.1, -0.05) is 0 Å². The molecule has 0 atom stereocenters. The van der Waals surface area contributed by atoms with Crippen LogP contribution in [0.5, 0.6) is 0 Å². The molecule has 0 aliphatic heterocycles. The van der Waals surface area contributed by atoms with Crippen molar-refractivity contribution in [2.24, 2.45) is 5.10 Å². The summed E-state index contributed by atoms with van der Waals surface area (Å²) in [5.74, 6) is -0.324. The van der Waals surface area contributed by atoms with Crippen molar-refractivity contribution < 1.29 is 19.1 Å². The molecular formula is C16H16N3O4-. The molecule has 7 nitrogen and oxygen atoms in total. The molecule has 0 spiro atoms. The largest absolute Gasteiger partial charge is 0.550 e. The molecule has 0 radical (unpaired) electrons. The van der Waals surface area contributed by atoms with Gasteiger partial charge >= 0.3 is 0 Å². The van der Waals surface area contributed by atoms with Gasteiger partial charge in [-0.2, -0.15) is 5.10 Å². The summed E-state index contributed by atoms with van der Waals surface area (Å²) in [5, 5.41) is 14.5. The van der Waals surface area contributed by atoms with Gasteiger partial charge in [-0.3, -0.25) is 9.78 Å². The average Bonchev–Trinajstić information content (AvgIpc) is 2.92. The van der Waals surface area contributed by atoms with E-state index in [9.17, 15) is 14.7 Å². The third-order valence-corrected chi connectivity index (χ3v) is 3.20. The molecule has 2 rings (SSSR count). The number of nitrogens with one attached hydrogen (secondary N) is 1. The summed E-state index contributed by atoms with van der Waals surface area (Å²) in [7, 11) is 0. The van der Waals surface area contributed by atoms with Crippen molar-refractivity contribution in [1.29, 1.82) is 0 Å². The minimum atomic E-state index is -1.13. The van der Waals surface area contributed by atoms with Gasteiger partial charge in [0.1, 0.15) is 11.5 Å². The number of amides is 1. The molecule has 0 saturated carbocycles. The number of rotatable bonds is 6. The van der Waals surface area contributed by atoms with Crippen molar-refractivity contribution in [2.45, 2.75) is 26.7 Å². The second-order valence-electron chi connectivity index (χ2n) is 4.93. The molecule has 0 aromatic carbocycles. The lowest BCUT2D eigenvalue weighted by Crippen LogP contribution is -2.22. The number of aryl methyl sites for hydroxylation is 2. The number of hydrogen-bond acceptors (Lipinski definition) is 6. The molecule has 0 unspecified atom stereocenters. The zero-order valence-electron chi connectivity index (χ0n) is 12.8. The summed E-state index contributed by atoms with van der Waals surface area (Å²) < 4.78 is 5.48. The van der Waals surface area contributed by atoms with E-state index in [1.807, 2.05) is 0 Å². The number of carbonyl (C=O) groups excluding carboxylic acids is 2. The molecule has 7 heteroatoms. The molecule has 2 aromatic rings. The Morgan fingerprint density at radius 1 is 1.35 bits per heavy atom. The van der Waals surface area contributed by atoms with Gasteiger partial charge < -0.3 is 14.3 Å². The maximum atomic E-state index is 11.9. The van der Waals surface area contributed by atoms with Crippen molar-refractivity contribution in [2.75, 3.05) is 0 Å². The summed E-state index contributed by atoms with van der Waals surface area (Å²) >= 11 is 0. The van der Waals surface area contributed by atoms with Crippen LogP contribution in [0.4, 0.5) is 0 Å². The van der Waals surface area contributed by atoms with Crippen LogP contribution in [0.2, 0.25) is 0 Å². The van der Waals surface area contributed by atoms with Crippen molar-refractivity contribution in [3.63, 3.8) is 0 Å². The lowest BCUT2D eigenvalue weighted by molar-refractivity contribution is -0.305. The second kappa shape index (κ2) is 7.35. The molecular weight excluding hydrogens is 298 g/mol. The highest BCUT2D eigenvalue weighted by Crippen LogP contribution is 2.17. The van der Waals surface area contributed by atoms with Crippen LogP contribution < -0.4 is 10.5 Å². The predicted octanol–water partition coefficient (Wildman–Crippen LogP) is 0.820. The molecule has 120 valence electrons. The molecule has 1 amide bonds. The molecule has 0 aliphatic rings. The highest BCUT2D eigenvalue weighted by atomic mass is 16.4. The molecule has 0 saturated heterocycles. The lowest BCUT2D eigenvalue weighted by Gasteiger charge is -2.01. The van der Waals surface area contributed by atoms with Crippen LogP contribution in [0.25, 0.3) is 0 Å². The Morgan fingerprint density at radius 3 is 2.70 bits per heavy atom. The lowest BCUT2D eigenvalue weighted by atomic mass is 10.1. The molecule has 23 heavy (non-hydrogen) atoms. The minimum Gasteiger partial charge on any atom is -0.550 e. The van der Waals surface area contributed by atoms with Crippen LogP contribution in [0, 0.1) is 6.92 Å². The first kappa shape index (κ1) is 16.4. The zero-order valence-corrected chi connectivity index (χ0v) is 12.8. The van der Waals surface area contributed by atoms with Gasteiger partial charge in [-0.15, -0.1) is 0 Å². The standard InChI is InChI=1S/C16H17N3O4/c1-10(18-19-16(22)12-5-7-17-8-6-12)14-9-13(23-11(14)2)3-4-15(20)21/h5-9H,3-4H2,1-2H3,(H,19,22)(H,20,21)/p-1/b18-10-. The summed E-state index contributed by atoms with van der Waals surface area (Å²) in [4.78, 5) is 26.2. The third-order valence-electron chi connectivity index (χ3n) is 3.20. The van der Waals surface area contributed by atoms with Crippen molar-refractivity contribution in [3.8, 4) is 0 Å². The minimum absolute atomic E-state index is 0.110. The molecule has 2 aromatic heterocycles. The van der Waals surface area contributed by atoms with E-state index >= 15 is 0 Å². The van der Waals surface area contributed by atoms with Gasteiger partial charge in [0.2, 0.25) is 0 Å². The van der Waals surface area contributed by atoms with Crippen LogP contribution in [0.3, 0.4) is 0 Å². The number of carbonyl (C=O) groups is 2. The number of hydrazone groups is 1. The number of pyridine rings is 1. The normalized spacial score (nSPS) is 11.3. The van der Waals surface area contributed by atoms with E-state index in [4.69, 9.17) is 4.42 Å². The van der Waals surface area contributed by atoms with Gasteiger partial charge in [0, 0.05) is 35.9 Å². The van der Waals surface area contributed by atoms with E-state index in [1.165, 1.54) is 12.4 Å². The summed E-state index contributed by atoms with van der Waals surface area (Å²) in [6, 6.07) is 4.89. The number of carboxylic acid groups (broad SMARTS) is 1. The number of carboxylic acids is 1. The van der Waals surface area contributed by atoms with E-state index in [-0.39, 0.29) is 18.7 Å². The van der Waals surface area contributed by atoms with Gasteiger partial charge in [0.25, 0.3) is 5.91 Å². The topological polar surface area (TPSA) is 108 Å². The second-order valence-corrected chi connectivity index (χ2v) is 4.93. The van der Waals surface area contributed by atoms with Crippen molar-refractivity contribution in [3.05, 3.63) is 53.2 Å². The van der Waals surface area contributed by atoms with Crippen LogP contribution >= 0.6 is 0 Å². The van der Waals surface area contributed by atoms with Gasteiger partial charge in [-0.05, 0) is 38.5 Å².